The molecule has 2 aromatic carbocycles. The van der Waals surface area contributed by atoms with Crippen LogP contribution in [-0.4, -0.2) is 41.5 Å². The molecule has 0 aliphatic carbocycles. The zero-order chi connectivity index (χ0) is 29.9. The molecule has 2 aliphatic rings. The topological polar surface area (TPSA) is 74.9 Å². The van der Waals surface area contributed by atoms with Gasteiger partial charge < -0.3 is 24.2 Å². The fourth-order valence-corrected chi connectivity index (χ4v) is 5.70. The van der Waals surface area contributed by atoms with Gasteiger partial charge >= 0.3 is 13.2 Å². The number of hydrogen-bond donors (Lipinski definition) is 0. The second kappa shape index (κ2) is 10.5. The highest BCUT2D eigenvalue weighted by atomic mass is 35.5. The molecule has 0 saturated carbocycles. The molecule has 3 heterocycles. The number of fused-ring (bicyclic) bond motifs is 1. The highest BCUT2D eigenvalue weighted by molar-refractivity contribution is 6.66. The molecule has 0 unspecified atom stereocenters. The molecule has 7 nitrogen and oxygen atoms in total. The summed E-state index contributed by atoms with van der Waals surface area (Å²) in [5.41, 5.74) is 3.21. The predicted octanol–water partition coefficient (Wildman–Crippen LogP) is 6.55. The number of benzene rings is 2. The molecule has 41 heavy (non-hydrogen) atoms. The molecule has 1 saturated heterocycles. The molecule has 1 aromatic heterocycles. The van der Waals surface area contributed by atoms with E-state index in [-0.39, 0.29) is 6.09 Å². The largest absolute Gasteiger partial charge is 0.618 e. The Labute approximate surface area is 252 Å². The van der Waals surface area contributed by atoms with E-state index in [4.69, 9.17) is 37.2 Å². The average Bonchev–Trinajstić information content (AvgIpc) is 3.09. The Bertz CT molecular complexity index is 1500. The van der Waals surface area contributed by atoms with Gasteiger partial charge in [-0.25, -0.2) is 4.79 Å². The van der Waals surface area contributed by atoms with Gasteiger partial charge in [0.25, 0.3) is 0 Å². The van der Waals surface area contributed by atoms with Crippen LogP contribution in [0.2, 0.25) is 10.0 Å². The first-order chi connectivity index (χ1) is 19.1. The van der Waals surface area contributed by atoms with Crippen molar-refractivity contribution in [1.82, 2.24) is 4.90 Å². The molecular weight excluding hydrogens is 562 g/mol. The Kier molecular flexibility index (Phi) is 7.60. The number of pyridine rings is 1. The molecule has 1 amide bonds. The summed E-state index contributed by atoms with van der Waals surface area (Å²) >= 11 is 14.0. The van der Waals surface area contributed by atoms with Crippen molar-refractivity contribution in [1.29, 1.82) is 0 Å². The van der Waals surface area contributed by atoms with Gasteiger partial charge in [0.2, 0.25) is 5.69 Å². The lowest BCUT2D eigenvalue weighted by Gasteiger charge is -2.32. The van der Waals surface area contributed by atoms with Crippen molar-refractivity contribution in [2.24, 2.45) is 0 Å². The maximum Gasteiger partial charge on any atom is 0.496 e. The van der Waals surface area contributed by atoms with Crippen molar-refractivity contribution in [3.05, 3.63) is 75.0 Å². The molecule has 5 rings (SSSR count). The lowest BCUT2D eigenvalue weighted by molar-refractivity contribution is -0.594. The third-order valence-electron chi connectivity index (χ3n) is 8.00. The van der Waals surface area contributed by atoms with Gasteiger partial charge in [-0.05, 0) is 66.5 Å². The summed E-state index contributed by atoms with van der Waals surface area (Å²) in [5, 5.41) is 14.1. The lowest BCUT2D eigenvalue weighted by Crippen LogP contribution is -2.41. The molecule has 10 heteroatoms. The Morgan fingerprint density at radius 3 is 2.20 bits per heavy atom. The van der Waals surface area contributed by atoms with E-state index < -0.39 is 23.9 Å². The van der Waals surface area contributed by atoms with Crippen LogP contribution in [0.4, 0.5) is 4.79 Å². The highest BCUT2D eigenvalue weighted by Crippen LogP contribution is 2.41. The van der Waals surface area contributed by atoms with Gasteiger partial charge in [0.15, 0.2) is 6.20 Å². The Morgan fingerprint density at radius 1 is 0.976 bits per heavy atom. The number of halogens is 2. The third-order valence-corrected chi connectivity index (χ3v) is 8.83. The van der Waals surface area contributed by atoms with Crippen molar-refractivity contribution in [2.75, 3.05) is 6.54 Å². The maximum atomic E-state index is 13.2. The molecule has 0 bridgehead atoms. The summed E-state index contributed by atoms with van der Waals surface area (Å²) in [6, 6.07) is 13.0. The van der Waals surface area contributed by atoms with E-state index in [0.29, 0.717) is 57.4 Å². The van der Waals surface area contributed by atoms with Crippen LogP contribution in [0.25, 0.3) is 22.4 Å². The summed E-state index contributed by atoms with van der Waals surface area (Å²) in [6.45, 7) is 14.3. The summed E-state index contributed by atoms with van der Waals surface area (Å²) in [4.78, 5) is 14.4. The number of amides is 1. The number of nitrogens with zero attached hydrogens (tertiary/aromatic N) is 2. The van der Waals surface area contributed by atoms with E-state index in [0.717, 1.165) is 15.9 Å². The normalized spacial score (nSPS) is 17.9. The first kappa shape index (κ1) is 29.7. The van der Waals surface area contributed by atoms with Crippen molar-refractivity contribution < 1.29 is 23.6 Å². The predicted molar refractivity (Wildman–Crippen MR) is 162 cm³/mol. The monoisotopic (exact) mass is 596 g/mol. The SMILES string of the molecule is CC(C)(C)OC(=O)N1CCc2c[n+]([O-])c(-c3cccc(-c4cccc(B5OC(C)(C)C(C)(C)O5)c4Cl)c3Cl)cc2C1. The maximum absolute atomic E-state index is 13.2. The minimum atomic E-state index is -0.633. The van der Waals surface area contributed by atoms with E-state index in [2.05, 4.69) is 0 Å². The van der Waals surface area contributed by atoms with Crippen LogP contribution in [0.1, 0.15) is 59.6 Å². The molecular formula is C31H35BCl2N2O5. The minimum absolute atomic E-state index is 0.345. The Hall–Kier alpha value is -2.78. The van der Waals surface area contributed by atoms with E-state index in [1.807, 2.05) is 90.9 Å². The Balaban J connectivity index is 1.50. The number of carbonyl (C=O) groups is 1. The second-order valence-corrected chi connectivity index (χ2v) is 13.4. The van der Waals surface area contributed by atoms with Crippen LogP contribution in [0.15, 0.2) is 48.7 Å². The molecule has 3 aromatic rings. The van der Waals surface area contributed by atoms with Crippen LogP contribution in [-0.2, 0) is 27.0 Å². The van der Waals surface area contributed by atoms with Crippen molar-refractivity contribution in [3.63, 3.8) is 0 Å². The van der Waals surface area contributed by atoms with E-state index in [1.54, 1.807) is 11.1 Å². The van der Waals surface area contributed by atoms with Crippen LogP contribution in [0, 0.1) is 5.21 Å². The number of ether oxygens (including phenoxy) is 1. The van der Waals surface area contributed by atoms with Crippen molar-refractivity contribution in [3.8, 4) is 22.4 Å². The number of aromatic nitrogens is 1. The standard InChI is InChI=1S/C31H35BCl2N2O5/c1-29(2,3)39-28(37)35-15-14-19-18-36(38)25(16-20(19)17-35)23-12-8-10-21(26(23)33)22-11-9-13-24(27(22)34)32-40-30(4,5)31(6,7)41-32/h8-13,16,18H,14-15,17H2,1-7H3. The molecule has 1 fully saturated rings. The number of rotatable bonds is 3. The zero-order valence-electron chi connectivity index (χ0n) is 24.5. The molecule has 2 aliphatic heterocycles. The van der Waals surface area contributed by atoms with Gasteiger partial charge in [-0.1, -0.05) is 53.5 Å². The molecule has 0 N–H and O–H groups in total. The Morgan fingerprint density at radius 2 is 1.56 bits per heavy atom. The average molecular weight is 597 g/mol. The fourth-order valence-electron chi connectivity index (χ4n) is 5.05. The first-order valence-electron chi connectivity index (χ1n) is 13.7. The number of carbonyl (C=O) groups excluding carboxylic acids is 1. The van der Waals surface area contributed by atoms with Gasteiger partial charge in [-0.15, -0.1) is 0 Å². The van der Waals surface area contributed by atoms with E-state index >= 15 is 0 Å². The summed E-state index contributed by atoms with van der Waals surface area (Å²) in [7, 11) is -0.633. The van der Waals surface area contributed by atoms with Crippen LogP contribution in [0.3, 0.4) is 0 Å². The third kappa shape index (κ3) is 5.67. The van der Waals surface area contributed by atoms with Gasteiger partial charge in [0.1, 0.15) is 5.60 Å². The minimum Gasteiger partial charge on any atom is -0.618 e. The highest BCUT2D eigenvalue weighted by Gasteiger charge is 2.52. The van der Waals surface area contributed by atoms with Gasteiger partial charge in [0, 0.05) is 46.3 Å². The van der Waals surface area contributed by atoms with Gasteiger partial charge in [-0.3, -0.25) is 0 Å². The molecule has 0 spiro atoms. The quantitative estimate of drug-likeness (QED) is 0.195. The molecule has 0 radical (unpaired) electrons. The molecule has 216 valence electrons. The van der Waals surface area contributed by atoms with E-state index in [1.165, 1.54) is 0 Å². The summed E-state index contributed by atoms with van der Waals surface area (Å²) in [6.07, 6.45) is 1.76. The second-order valence-electron chi connectivity index (χ2n) is 12.7. The van der Waals surface area contributed by atoms with Gasteiger partial charge in [0.05, 0.1) is 21.8 Å². The molecule has 0 atom stereocenters. The number of hydrogen-bond acceptors (Lipinski definition) is 5. The fraction of sp³-hybridized carbons (Fsp3) is 0.419. The van der Waals surface area contributed by atoms with Gasteiger partial charge in [-0.2, -0.15) is 4.73 Å². The lowest BCUT2D eigenvalue weighted by atomic mass is 9.77. The summed E-state index contributed by atoms with van der Waals surface area (Å²) < 4.78 is 18.9. The summed E-state index contributed by atoms with van der Waals surface area (Å²) in [5.74, 6) is 0. The van der Waals surface area contributed by atoms with Crippen molar-refractivity contribution >= 4 is 41.9 Å². The van der Waals surface area contributed by atoms with Crippen LogP contribution >= 0.6 is 23.2 Å². The smallest absolute Gasteiger partial charge is 0.496 e. The zero-order valence-corrected chi connectivity index (χ0v) is 26.0. The van der Waals surface area contributed by atoms with Crippen LogP contribution < -0.4 is 10.2 Å². The van der Waals surface area contributed by atoms with E-state index in [9.17, 15) is 10.0 Å². The first-order valence-corrected chi connectivity index (χ1v) is 14.5. The van der Waals surface area contributed by atoms with Crippen LogP contribution in [0.5, 0.6) is 0 Å². The van der Waals surface area contributed by atoms with Crippen molar-refractivity contribution in [2.45, 2.75) is 78.2 Å².